The smallest absolute Gasteiger partial charge is 0.305 e. The minimum Gasteiger partial charge on any atom is -0.469 e. The molecule has 0 saturated heterocycles. The molecule has 0 aliphatic heterocycles. The van der Waals surface area contributed by atoms with Gasteiger partial charge in [-0.2, -0.15) is 0 Å². The van der Waals surface area contributed by atoms with Crippen LogP contribution in [0.5, 0.6) is 0 Å². The van der Waals surface area contributed by atoms with Gasteiger partial charge in [-0.1, -0.05) is 28.6 Å². The molecule has 7 heteroatoms. The van der Waals surface area contributed by atoms with Crippen molar-refractivity contribution >= 4 is 34.0 Å². The lowest BCUT2D eigenvalue weighted by atomic mass is 10.2. The fourth-order valence-corrected chi connectivity index (χ4v) is 1.96. The van der Waals surface area contributed by atoms with Crippen molar-refractivity contribution in [2.75, 3.05) is 7.11 Å². The fourth-order valence-electron chi connectivity index (χ4n) is 1.69. The molecule has 0 spiro atoms. The second-order valence-electron chi connectivity index (χ2n) is 5.45. The van der Waals surface area contributed by atoms with Gasteiger partial charge in [-0.15, -0.1) is 0 Å². The normalized spacial score (nSPS) is 13.5. The lowest BCUT2D eigenvalue weighted by molar-refractivity contribution is -0.140. The summed E-state index contributed by atoms with van der Waals surface area (Å²) < 4.78 is 18.0. The summed E-state index contributed by atoms with van der Waals surface area (Å²) in [5.41, 5.74) is 0.399. The van der Waals surface area contributed by atoms with Crippen molar-refractivity contribution in [3.05, 3.63) is 71.3 Å². The third-order valence-corrected chi connectivity index (χ3v) is 3.63. The van der Waals surface area contributed by atoms with E-state index in [-0.39, 0.29) is 17.7 Å². The first-order valence-electron chi connectivity index (χ1n) is 8.65. The summed E-state index contributed by atoms with van der Waals surface area (Å²) in [4.78, 5) is 26.8. The summed E-state index contributed by atoms with van der Waals surface area (Å²) in [5, 5.41) is 2.57. The summed E-state index contributed by atoms with van der Waals surface area (Å²) in [7, 11) is 1.38. The Labute approximate surface area is 174 Å². The Morgan fingerprint density at radius 1 is 1.21 bits per heavy atom. The Balaban J connectivity index is 4.29. The molecule has 0 saturated carbocycles. The Morgan fingerprint density at radius 2 is 1.96 bits per heavy atom. The van der Waals surface area contributed by atoms with E-state index in [1.807, 2.05) is 0 Å². The molecule has 0 aromatic rings. The molecule has 5 nitrogen and oxygen atoms in total. The number of amides is 1. The lowest BCUT2D eigenvalue weighted by Crippen LogP contribution is -2.18. The number of hydrogen-bond acceptors (Lipinski definition) is 4. The van der Waals surface area contributed by atoms with Crippen LogP contribution in [0.25, 0.3) is 0 Å². The van der Waals surface area contributed by atoms with E-state index in [0.717, 1.165) is 23.7 Å². The number of carbonyl (C=O) groups excluding carboxylic acids is 2. The van der Waals surface area contributed by atoms with Crippen molar-refractivity contribution in [2.45, 2.75) is 32.6 Å². The number of unbranched alkanes of at least 4 members (excludes halogenated alkanes) is 2. The second-order valence-corrected chi connectivity index (χ2v) is 6.36. The molecule has 0 heterocycles. The highest BCUT2D eigenvalue weighted by Gasteiger charge is 1.98. The number of aliphatic imine (C=N–C) groups is 1. The van der Waals surface area contributed by atoms with Gasteiger partial charge in [0.25, 0.3) is 0 Å². The molecule has 0 fully saturated rings. The molecule has 0 aromatic carbocycles. The number of methoxy groups -OCH3 is 1. The zero-order valence-corrected chi connectivity index (χ0v) is 17.7. The Hall–Kier alpha value is -2.54. The quantitative estimate of drug-likeness (QED) is 0.145. The van der Waals surface area contributed by atoms with Gasteiger partial charge in [0.2, 0.25) is 5.91 Å². The van der Waals surface area contributed by atoms with Crippen molar-refractivity contribution in [1.82, 2.24) is 5.32 Å². The highest BCUT2D eigenvalue weighted by molar-refractivity contribution is 9.11. The molecule has 0 bridgehead atoms. The Morgan fingerprint density at radius 3 is 2.61 bits per heavy atom. The Bertz CT molecular complexity index is 700. The number of nitrogens with zero attached hydrogens (tertiary/aromatic N) is 1. The van der Waals surface area contributed by atoms with Crippen molar-refractivity contribution in [2.24, 2.45) is 4.99 Å². The minimum atomic E-state index is -0.369. The molecule has 152 valence electrons. The highest BCUT2D eigenvalue weighted by Crippen LogP contribution is 2.07. The van der Waals surface area contributed by atoms with Crippen LogP contribution in [-0.4, -0.2) is 25.2 Å². The average molecular weight is 453 g/mol. The lowest BCUT2D eigenvalue weighted by Gasteiger charge is -2.00. The standard InChI is InChI=1S/C21H26BrFN2O3/c1-4-19(13-12-17(2)23)25-20(26)10-8-9-18(22)14-16-24-15-7-5-6-11-21(27)28-3/h4,8-10,12-16H,1,5-7,11H2,2-3H3,(H,25,26)/b10-8+,16-14+,17-12+,18-9+,19-13+,24-15?. The maximum Gasteiger partial charge on any atom is 0.305 e. The highest BCUT2D eigenvalue weighted by atomic mass is 79.9. The molecule has 0 aromatic heterocycles. The zero-order valence-electron chi connectivity index (χ0n) is 16.2. The van der Waals surface area contributed by atoms with E-state index in [4.69, 9.17) is 0 Å². The predicted molar refractivity (Wildman–Crippen MR) is 116 cm³/mol. The van der Waals surface area contributed by atoms with E-state index in [1.54, 1.807) is 30.6 Å². The summed E-state index contributed by atoms with van der Waals surface area (Å²) in [5.74, 6) is -0.927. The van der Waals surface area contributed by atoms with E-state index < -0.39 is 0 Å². The zero-order chi connectivity index (χ0) is 21.2. The van der Waals surface area contributed by atoms with Crippen molar-refractivity contribution in [1.29, 1.82) is 0 Å². The van der Waals surface area contributed by atoms with Crippen LogP contribution >= 0.6 is 15.9 Å². The Kier molecular flexibility index (Phi) is 15.1. The molecular formula is C21H26BrFN2O3. The van der Waals surface area contributed by atoms with Gasteiger partial charge in [0.15, 0.2) is 0 Å². The van der Waals surface area contributed by atoms with Crippen LogP contribution < -0.4 is 5.32 Å². The molecule has 0 unspecified atom stereocenters. The number of nitrogens with one attached hydrogen (secondary N) is 1. The van der Waals surface area contributed by atoms with Crippen molar-refractivity contribution in [3.8, 4) is 0 Å². The van der Waals surface area contributed by atoms with Gasteiger partial charge in [0, 0.05) is 35.1 Å². The first-order chi connectivity index (χ1) is 13.4. The maximum atomic E-state index is 12.7. The van der Waals surface area contributed by atoms with Gasteiger partial charge in [-0.05, 0) is 56.6 Å². The largest absolute Gasteiger partial charge is 0.469 e. The van der Waals surface area contributed by atoms with Crippen LogP contribution in [0.3, 0.4) is 0 Å². The second kappa shape index (κ2) is 16.6. The predicted octanol–water partition coefficient (Wildman–Crippen LogP) is 5.20. The minimum absolute atomic E-state index is 0.198. The molecule has 0 atom stereocenters. The van der Waals surface area contributed by atoms with Gasteiger partial charge < -0.3 is 10.1 Å². The van der Waals surface area contributed by atoms with Crippen molar-refractivity contribution in [3.63, 3.8) is 0 Å². The van der Waals surface area contributed by atoms with Crippen LogP contribution in [0.15, 0.2) is 76.3 Å². The van der Waals surface area contributed by atoms with Gasteiger partial charge in [-0.3, -0.25) is 14.6 Å². The van der Waals surface area contributed by atoms with Crippen LogP contribution in [0.2, 0.25) is 0 Å². The number of rotatable bonds is 12. The van der Waals surface area contributed by atoms with Crippen LogP contribution in [0, 0.1) is 0 Å². The number of allylic oxidation sites excluding steroid dienone is 8. The molecule has 0 rings (SSSR count). The third-order valence-electron chi connectivity index (χ3n) is 3.10. The topological polar surface area (TPSA) is 67.8 Å². The summed E-state index contributed by atoms with van der Waals surface area (Å²) in [6.07, 6.45) is 16.6. The number of halogens is 2. The van der Waals surface area contributed by atoms with Crippen LogP contribution in [0.4, 0.5) is 4.39 Å². The number of hydrogen-bond donors (Lipinski definition) is 1. The first kappa shape index (κ1) is 25.5. The van der Waals surface area contributed by atoms with Gasteiger partial charge in [-0.25, -0.2) is 4.39 Å². The average Bonchev–Trinajstić information content (AvgIpc) is 2.66. The van der Waals surface area contributed by atoms with E-state index in [9.17, 15) is 14.0 Å². The summed E-state index contributed by atoms with van der Waals surface area (Å²) in [6, 6.07) is 0. The number of carbonyl (C=O) groups is 2. The maximum absolute atomic E-state index is 12.7. The SMILES string of the molecule is C=C/C(=C\C=C(/C)F)NC(=O)/C=C/C=C(Br)\C=C\N=CCCCCC(=O)OC. The van der Waals surface area contributed by atoms with Crippen LogP contribution in [0.1, 0.15) is 32.6 Å². The first-order valence-corrected chi connectivity index (χ1v) is 9.44. The van der Waals surface area contributed by atoms with E-state index >= 15 is 0 Å². The molecule has 28 heavy (non-hydrogen) atoms. The van der Waals surface area contributed by atoms with E-state index in [2.05, 4.69) is 37.6 Å². The molecule has 1 amide bonds. The molecule has 0 radical (unpaired) electrons. The number of esters is 1. The van der Waals surface area contributed by atoms with Gasteiger partial charge in [0.1, 0.15) is 0 Å². The molecule has 0 aliphatic rings. The van der Waals surface area contributed by atoms with E-state index in [0.29, 0.717) is 12.1 Å². The van der Waals surface area contributed by atoms with Gasteiger partial charge in [0.05, 0.1) is 12.9 Å². The van der Waals surface area contributed by atoms with E-state index in [1.165, 1.54) is 38.3 Å². The number of ether oxygens (including phenoxy) is 1. The fraction of sp³-hybridized carbons (Fsp3) is 0.286. The summed E-state index contributed by atoms with van der Waals surface area (Å²) >= 11 is 3.34. The monoisotopic (exact) mass is 452 g/mol. The molecule has 0 aliphatic carbocycles. The third kappa shape index (κ3) is 15.7. The van der Waals surface area contributed by atoms with Gasteiger partial charge >= 0.3 is 5.97 Å². The summed E-state index contributed by atoms with van der Waals surface area (Å²) in [6.45, 7) is 4.87. The molecular weight excluding hydrogens is 427 g/mol. The van der Waals surface area contributed by atoms with Crippen LogP contribution in [-0.2, 0) is 14.3 Å². The van der Waals surface area contributed by atoms with Crippen molar-refractivity contribution < 1.29 is 18.7 Å². The molecule has 1 N–H and O–H groups in total.